The van der Waals surface area contributed by atoms with E-state index in [9.17, 15) is 9.18 Å². The van der Waals surface area contributed by atoms with Gasteiger partial charge in [0.15, 0.2) is 0 Å². The third kappa shape index (κ3) is 3.95. The van der Waals surface area contributed by atoms with E-state index in [-0.39, 0.29) is 11.8 Å². The van der Waals surface area contributed by atoms with Gasteiger partial charge in [0.1, 0.15) is 5.82 Å². The summed E-state index contributed by atoms with van der Waals surface area (Å²) in [5, 5.41) is 5.48. The number of aromatic nitrogens is 1. The molecule has 0 bridgehead atoms. The summed E-state index contributed by atoms with van der Waals surface area (Å²) >= 11 is 0. The first-order valence-electron chi connectivity index (χ1n) is 7.51. The molecule has 0 aliphatic carbocycles. The molecule has 2 N–H and O–H groups in total. The summed E-state index contributed by atoms with van der Waals surface area (Å²) in [6.07, 6.45) is 3.51. The van der Waals surface area contributed by atoms with E-state index in [0.717, 1.165) is 16.7 Å². The Balaban J connectivity index is 1.66. The molecule has 0 saturated carbocycles. The Labute approximate surface area is 139 Å². The van der Waals surface area contributed by atoms with Crippen LogP contribution >= 0.6 is 0 Å². The number of nitrogens with zero attached hydrogens (tertiary/aromatic N) is 1. The largest absolute Gasteiger partial charge is 0.334 e. The average molecular weight is 321 g/mol. The van der Waals surface area contributed by atoms with E-state index in [2.05, 4.69) is 15.6 Å². The summed E-state index contributed by atoms with van der Waals surface area (Å²) in [4.78, 5) is 16.1. The predicted octanol–water partition coefficient (Wildman–Crippen LogP) is 4.21. The van der Waals surface area contributed by atoms with Gasteiger partial charge < -0.3 is 10.6 Å². The number of urea groups is 1. The van der Waals surface area contributed by atoms with Crippen LogP contribution in [0.25, 0.3) is 11.1 Å². The van der Waals surface area contributed by atoms with E-state index >= 15 is 0 Å². The second-order valence-corrected chi connectivity index (χ2v) is 5.21. The third-order valence-electron chi connectivity index (χ3n) is 3.53. The van der Waals surface area contributed by atoms with Crippen LogP contribution < -0.4 is 10.6 Å². The molecule has 0 spiro atoms. The van der Waals surface area contributed by atoms with Gasteiger partial charge in [-0.05, 0) is 41.5 Å². The Morgan fingerprint density at radius 3 is 2.54 bits per heavy atom. The number of amides is 2. The minimum atomic E-state index is -0.345. The minimum Gasteiger partial charge on any atom is -0.334 e. The maximum atomic E-state index is 12.9. The van der Waals surface area contributed by atoms with Crippen LogP contribution in [0.2, 0.25) is 0 Å². The summed E-state index contributed by atoms with van der Waals surface area (Å²) in [7, 11) is 0. The van der Waals surface area contributed by atoms with Gasteiger partial charge in [0, 0.05) is 30.2 Å². The lowest BCUT2D eigenvalue weighted by molar-refractivity contribution is 0.252. The van der Waals surface area contributed by atoms with Crippen LogP contribution in [0.5, 0.6) is 0 Å². The number of halogens is 1. The normalized spacial score (nSPS) is 10.2. The fourth-order valence-corrected chi connectivity index (χ4v) is 2.36. The van der Waals surface area contributed by atoms with Crippen molar-refractivity contribution in [2.45, 2.75) is 6.54 Å². The van der Waals surface area contributed by atoms with E-state index in [1.807, 2.05) is 36.4 Å². The molecule has 0 fully saturated rings. The van der Waals surface area contributed by atoms with Gasteiger partial charge in [0.05, 0.1) is 0 Å². The molecule has 4 nitrogen and oxygen atoms in total. The number of pyridine rings is 1. The molecule has 24 heavy (non-hydrogen) atoms. The monoisotopic (exact) mass is 321 g/mol. The fraction of sp³-hybridized carbons (Fsp3) is 0.0526. The second-order valence-electron chi connectivity index (χ2n) is 5.21. The minimum absolute atomic E-state index is 0.341. The first kappa shape index (κ1) is 15.7. The number of rotatable bonds is 4. The molecule has 0 saturated heterocycles. The highest BCUT2D eigenvalue weighted by atomic mass is 19.1. The maximum Gasteiger partial charge on any atom is 0.319 e. The topological polar surface area (TPSA) is 54.0 Å². The molecule has 1 aromatic heterocycles. The molecule has 2 aromatic carbocycles. The van der Waals surface area contributed by atoms with E-state index in [4.69, 9.17) is 0 Å². The number of nitrogens with one attached hydrogen (secondary N) is 2. The van der Waals surface area contributed by atoms with Crippen LogP contribution in [0, 0.1) is 5.82 Å². The van der Waals surface area contributed by atoms with Crippen molar-refractivity contribution in [3.8, 4) is 11.1 Å². The fourth-order valence-electron chi connectivity index (χ4n) is 2.36. The summed E-state index contributed by atoms with van der Waals surface area (Å²) in [6.45, 7) is 0.373. The molecule has 0 unspecified atom stereocenters. The third-order valence-corrected chi connectivity index (χ3v) is 3.53. The molecule has 0 aliphatic heterocycles. The maximum absolute atomic E-state index is 12.9. The summed E-state index contributed by atoms with van der Waals surface area (Å²) in [5.41, 5.74) is 3.54. The predicted molar refractivity (Wildman–Crippen MR) is 91.9 cm³/mol. The Hall–Kier alpha value is -3.21. The lowest BCUT2D eigenvalue weighted by Crippen LogP contribution is -2.28. The molecule has 5 heteroatoms. The van der Waals surface area contributed by atoms with Crippen LogP contribution in [-0.2, 0) is 6.54 Å². The van der Waals surface area contributed by atoms with Crippen molar-refractivity contribution in [2.24, 2.45) is 0 Å². The molecule has 2 amide bonds. The Kier molecular flexibility index (Phi) is 4.81. The highest BCUT2D eigenvalue weighted by molar-refractivity contribution is 5.89. The van der Waals surface area contributed by atoms with Crippen molar-refractivity contribution in [3.63, 3.8) is 0 Å². The van der Waals surface area contributed by atoms with Crippen molar-refractivity contribution >= 4 is 11.7 Å². The molecular weight excluding hydrogens is 305 g/mol. The van der Waals surface area contributed by atoms with Crippen molar-refractivity contribution in [1.29, 1.82) is 0 Å². The first-order valence-corrected chi connectivity index (χ1v) is 7.51. The quantitative estimate of drug-likeness (QED) is 0.756. The van der Waals surface area contributed by atoms with E-state index in [1.165, 1.54) is 24.3 Å². The Bertz CT molecular complexity index is 820. The van der Waals surface area contributed by atoms with Gasteiger partial charge in [-0.15, -0.1) is 0 Å². The molecule has 3 aromatic rings. The van der Waals surface area contributed by atoms with Gasteiger partial charge in [-0.1, -0.05) is 30.3 Å². The van der Waals surface area contributed by atoms with Crippen molar-refractivity contribution in [3.05, 3.63) is 84.4 Å². The standard InChI is InChI=1S/C19H16FN3O/c20-16-7-9-17(10-8-16)23-19(24)22-13-15-4-1-2-6-18(15)14-5-3-11-21-12-14/h1-12H,13H2,(H2,22,23,24). The summed E-state index contributed by atoms with van der Waals surface area (Å²) in [6, 6.07) is 17.0. The number of hydrogen-bond acceptors (Lipinski definition) is 2. The first-order chi connectivity index (χ1) is 11.7. The van der Waals surface area contributed by atoms with Gasteiger partial charge in [0.25, 0.3) is 0 Å². The number of benzene rings is 2. The molecular formula is C19H16FN3O. The molecule has 1 heterocycles. The van der Waals surface area contributed by atoms with E-state index in [0.29, 0.717) is 12.2 Å². The van der Waals surface area contributed by atoms with E-state index in [1.54, 1.807) is 12.4 Å². The lowest BCUT2D eigenvalue weighted by Gasteiger charge is -2.11. The SMILES string of the molecule is O=C(NCc1ccccc1-c1cccnc1)Nc1ccc(F)cc1. The smallest absolute Gasteiger partial charge is 0.319 e. The van der Waals surface area contributed by atoms with Gasteiger partial charge in [-0.3, -0.25) is 4.98 Å². The van der Waals surface area contributed by atoms with Gasteiger partial charge in [-0.2, -0.15) is 0 Å². The second kappa shape index (κ2) is 7.37. The van der Waals surface area contributed by atoms with Crippen molar-refractivity contribution in [1.82, 2.24) is 10.3 Å². The average Bonchev–Trinajstić information content (AvgIpc) is 2.63. The highest BCUT2D eigenvalue weighted by Crippen LogP contribution is 2.22. The van der Waals surface area contributed by atoms with Gasteiger partial charge in [-0.25, -0.2) is 9.18 Å². The Morgan fingerprint density at radius 1 is 1.00 bits per heavy atom. The molecule has 0 aliphatic rings. The highest BCUT2D eigenvalue weighted by Gasteiger charge is 2.07. The van der Waals surface area contributed by atoms with Crippen LogP contribution in [0.4, 0.5) is 14.9 Å². The van der Waals surface area contributed by atoms with Crippen molar-refractivity contribution in [2.75, 3.05) is 5.32 Å². The Morgan fingerprint density at radius 2 is 1.79 bits per heavy atom. The van der Waals surface area contributed by atoms with Crippen LogP contribution in [0.3, 0.4) is 0 Å². The zero-order chi connectivity index (χ0) is 16.8. The number of anilines is 1. The summed E-state index contributed by atoms with van der Waals surface area (Å²) in [5.74, 6) is -0.341. The molecule has 0 radical (unpaired) electrons. The van der Waals surface area contributed by atoms with Gasteiger partial charge in [0.2, 0.25) is 0 Å². The molecule has 0 atom stereocenters. The van der Waals surface area contributed by atoms with E-state index < -0.39 is 0 Å². The van der Waals surface area contributed by atoms with Crippen LogP contribution in [0.1, 0.15) is 5.56 Å². The van der Waals surface area contributed by atoms with Gasteiger partial charge >= 0.3 is 6.03 Å². The van der Waals surface area contributed by atoms with Crippen LogP contribution in [0.15, 0.2) is 73.1 Å². The lowest BCUT2D eigenvalue weighted by atomic mass is 10.0. The summed E-state index contributed by atoms with van der Waals surface area (Å²) < 4.78 is 12.9. The zero-order valence-electron chi connectivity index (χ0n) is 12.9. The molecule has 120 valence electrons. The zero-order valence-corrected chi connectivity index (χ0v) is 12.9. The number of carbonyl (C=O) groups excluding carboxylic acids is 1. The number of carbonyl (C=O) groups is 1. The van der Waals surface area contributed by atoms with Crippen molar-refractivity contribution < 1.29 is 9.18 Å². The number of hydrogen-bond donors (Lipinski definition) is 2. The van der Waals surface area contributed by atoms with Crippen LogP contribution in [-0.4, -0.2) is 11.0 Å². The molecule has 3 rings (SSSR count).